The molecule has 0 aliphatic carbocycles. The van der Waals surface area contributed by atoms with Crippen LogP contribution in [-0.4, -0.2) is 47.4 Å². The Hall–Kier alpha value is -2.19. The van der Waals surface area contributed by atoms with Crippen LogP contribution >= 0.6 is 11.3 Å². The SMILES string of the molecule is Cc1oc(-c2cccs2)nc1C(=O)NC1CCN(CC(N)=O)CC1. The topological polar surface area (TPSA) is 101 Å². The second-order valence-corrected chi connectivity index (χ2v) is 6.84. The third kappa shape index (κ3) is 3.82. The number of amides is 2. The van der Waals surface area contributed by atoms with Crippen molar-refractivity contribution in [2.24, 2.45) is 5.73 Å². The Kier molecular flexibility index (Phi) is 4.96. The summed E-state index contributed by atoms with van der Waals surface area (Å²) in [4.78, 5) is 30.6. The Morgan fingerprint density at radius 1 is 1.46 bits per heavy atom. The van der Waals surface area contributed by atoms with Crippen molar-refractivity contribution < 1.29 is 14.0 Å². The van der Waals surface area contributed by atoms with Crippen molar-refractivity contribution in [1.82, 2.24) is 15.2 Å². The number of carbonyl (C=O) groups is 2. The average Bonchev–Trinajstić information content (AvgIpc) is 3.18. The number of oxazole rings is 1. The molecular formula is C16H20N4O3S. The summed E-state index contributed by atoms with van der Waals surface area (Å²) in [5, 5.41) is 4.95. The molecule has 0 saturated carbocycles. The molecule has 3 heterocycles. The van der Waals surface area contributed by atoms with E-state index in [1.165, 1.54) is 11.3 Å². The van der Waals surface area contributed by atoms with Crippen molar-refractivity contribution in [2.45, 2.75) is 25.8 Å². The normalized spacial score (nSPS) is 16.2. The van der Waals surface area contributed by atoms with Crippen LogP contribution < -0.4 is 11.1 Å². The molecule has 24 heavy (non-hydrogen) atoms. The van der Waals surface area contributed by atoms with Crippen molar-refractivity contribution in [3.05, 3.63) is 29.0 Å². The molecule has 1 saturated heterocycles. The molecule has 7 nitrogen and oxygen atoms in total. The quantitative estimate of drug-likeness (QED) is 0.850. The van der Waals surface area contributed by atoms with Crippen LogP contribution in [0.3, 0.4) is 0 Å². The van der Waals surface area contributed by atoms with Gasteiger partial charge in [-0.25, -0.2) is 4.98 Å². The molecule has 0 spiro atoms. The molecule has 3 N–H and O–H groups in total. The molecule has 0 aromatic carbocycles. The van der Waals surface area contributed by atoms with Crippen molar-refractivity contribution >= 4 is 23.2 Å². The first-order chi connectivity index (χ1) is 11.5. The Bertz CT molecular complexity index is 718. The Morgan fingerprint density at radius 3 is 2.83 bits per heavy atom. The van der Waals surface area contributed by atoms with Crippen molar-refractivity contribution in [3.8, 4) is 10.8 Å². The lowest BCUT2D eigenvalue weighted by molar-refractivity contribution is -0.119. The molecule has 0 atom stereocenters. The van der Waals surface area contributed by atoms with Gasteiger partial charge < -0.3 is 15.5 Å². The molecule has 1 fully saturated rings. The first kappa shape index (κ1) is 16.7. The number of primary amides is 1. The summed E-state index contributed by atoms with van der Waals surface area (Å²) < 4.78 is 5.61. The summed E-state index contributed by atoms with van der Waals surface area (Å²) in [5.74, 6) is 0.454. The number of hydrogen-bond donors (Lipinski definition) is 2. The number of nitrogens with one attached hydrogen (secondary N) is 1. The highest BCUT2D eigenvalue weighted by atomic mass is 32.1. The smallest absolute Gasteiger partial charge is 0.273 e. The van der Waals surface area contributed by atoms with Gasteiger partial charge in [0.1, 0.15) is 5.76 Å². The lowest BCUT2D eigenvalue weighted by atomic mass is 10.0. The summed E-state index contributed by atoms with van der Waals surface area (Å²) in [6, 6.07) is 3.90. The number of nitrogens with two attached hydrogens (primary N) is 1. The van der Waals surface area contributed by atoms with E-state index in [4.69, 9.17) is 10.2 Å². The summed E-state index contributed by atoms with van der Waals surface area (Å²) in [6.07, 6.45) is 1.57. The molecule has 0 radical (unpaired) electrons. The van der Waals surface area contributed by atoms with Gasteiger partial charge in [-0.3, -0.25) is 14.5 Å². The van der Waals surface area contributed by atoms with E-state index < -0.39 is 0 Å². The fourth-order valence-electron chi connectivity index (χ4n) is 2.82. The van der Waals surface area contributed by atoms with E-state index in [1.54, 1.807) is 6.92 Å². The van der Waals surface area contributed by atoms with E-state index in [9.17, 15) is 9.59 Å². The van der Waals surface area contributed by atoms with E-state index in [2.05, 4.69) is 10.3 Å². The standard InChI is InChI=1S/C16H20N4O3S/c1-10-14(19-16(23-10)12-3-2-8-24-12)15(22)18-11-4-6-20(7-5-11)9-13(17)21/h2-3,8,11H,4-7,9H2,1H3,(H2,17,21)(H,18,22). The van der Waals surface area contributed by atoms with Crippen molar-refractivity contribution in [3.63, 3.8) is 0 Å². The fourth-order valence-corrected chi connectivity index (χ4v) is 3.47. The molecule has 1 aliphatic rings. The van der Waals surface area contributed by atoms with E-state index in [1.807, 2.05) is 22.4 Å². The number of hydrogen-bond acceptors (Lipinski definition) is 6. The van der Waals surface area contributed by atoms with Gasteiger partial charge in [-0.05, 0) is 31.2 Å². The molecule has 2 amide bonds. The van der Waals surface area contributed by atoms with E-state index in [0.717, 1.165) is 30.8 Å². The van der Waals surface area contributed by atoms with Gasteiger partial charge in [0.25, 0.3) is 5.91 Å². The van der Waals surface area contributed by atoms with Gasteiger partial charge in [-0.2, -0.15) is 0 Å². The summed E-state index contributed by atoms with van der Waals surface area (Å²) in [6.45, 7) is 3.50. The fraction of sp³-hybridized carbons (Fsp3) is 0.438. The van der Waals surface area contributed by atoms with Gasteiger partial charge >= 0.3 is 0 Å². The minimum atomic E-state index is -0.322. The minimum Gasteiger partial charge on any atom is -0.440 e. The highest BCUT2D eigenvalue weighted by Gasteiger charge is 2.24. The van der Waals surface area contributed by atoms with Gasteiger partial charge in [-0.15, -0.1) is 11.3 Å². The molecule has 8 heteroatoms. The van der Waals surface area contributed by atoms with Crippen LogP contribution in [0.15, 0.2) is 21.9 Å². The Balaban J connectivity index is 1.59. The van der Waals surface area contributed by atoms with Crippen LogP contribution in [0.2, 0.25) is 0 Å². The molecule has 3 rings (SSSR count). The van der Waals surface area contributed by atoms with Crippen LogP contribution in [0.25, 0.3) is 10.8 Å². The van der Waals surface area contributed by atoms with Crippen LogP contribution in [0, 0.1) is 6.92 Å². The van der Waals surface area contributed by atoms with Crippen molar-refractivity contribution in [1.29, 1.82) is 0 Å². The van der Waals surface area contributed by atoms with Crippen LogP contribution in [0.4, 0.5) is 0 Å². The number of carbonyl (C=O) groups excluding carboxylic acids is 2. The molecule has 2 aromatic rings. The number of rotatable bonds is 5. The number of thiophene rings is 1. The second-order valence-electron chi connectivity index (χ2n) is 5.89. The molecule has 0 bridgehead atoms. The lowest BCUT2D eigenvalue weighted by Gasteiger charge is -2.31. The first-order valence-electron chi connectivity index (χ1n) is 7.85. The van der Waals surface area contributed by atoms with E-state index in [-0.39, 0.29) is 24.4 Å². The van der Waals surface area contributed by atoms with Gasteiger partial charge in [0.05, 0.1) is 11.4 Å². The maximum absolute atomic E-state index is 12.5. The zero-order valence-corrected chi connectivity index (χ0v) is 14.3. The van der Waals surface area contributed by atoms with Gasteiger partial charge in [-0.1, -0.05) is 6.07 Å². The minimum absolute atomic E-state index is 0.0721. The highest BCUT2D eigenvalue weighted by Crippen LogP contribution is 2.26. The van der Waals surface area contributed by atoms with E-state index in [0.29, 0.717) is 17.3 Å². The number of nitrogens with zero attached hydrogens (tertiary/aromatic N) is 2. The van der Waals surface area contributed by atoms with Crippen molar-refractivity contribution in [2.75, 3.05) is 19.6 Å². The van der Waals surface area contributed by atoms with Gasteiger partial charge in [0.2, 0.25) is 11.8 Å². The molecule has 128 valence electrons. The maximum atomic E-state index is 12.5. The largest absolute Gasteiger partial charge is 0.440 e. The average molecular weight is 348 g/mol. The summed E-state index contributed by atoms with van der Waals surface area (Å²) in [7, 11) is 0. The predicted octanol–water partition coefficient (Wildman–Crippen LogP) is 1.39. The lowest BCUT2D eigenvalue weighted by Crippen LogP contribution is -2.46. The zero-order chi connectivity index (χ0) is 17.1. The first-order valence-corrected chi connectivity index (χ1v) is 8.73. The number of aromatic nitrogens is 1. The molecule has 1 aliphatic heterocycles. The third-order valence-corrected chi connectivity index (χ3v) is 4.90. The summed E-state index contributed by atoms with van der Waals surface area (Å²) in [5.41, 5.74) is 5.54. The third-order valence-electron chi connectivity index (χ3n) is 4.05. The zero-order valence-electron chi connectivity index (χ0n) is 13.4. The summed E-state index contributed by atoms with van der Waals surface area (Å²) >= 11 is 1.52. The molecule has 2 aromatic heterocycles. The van der Waals surface area contributed by atoms with Gasteiger partial charge in [0.15, 0.2) is 5.69 Å². The highest BCUT2D eigenvalue weighted by molar-refractivity contribution is 7.13. The van der Waals surface area contributed by atoms with Crippen LogP contribution in [0.1, 0.15) is 29.1 Å². The number of piperidine rings is 1. The number of likely N-dealkylation sites (tertiary alicyclic amines) is 1. The monoisotopic (exact) mass is 348 g/mol. The predicted molar refractivity (Wildman–Crippen MR) is 90.7 cm³/mol. The van der Waals surface area contributed by atoms with Gasteiger partial charge in [0, 0.05) is 19.1 Å². The maximum Gasteiger partial charge on any atom is 0.273 e. The van der Waals surface area contributed by atoms with Crippen LogP contribution in [-0.2, 0) is 4.79 Å². The molecule has 0 unspecified atom stereocenters. The Labute approximate surface area is 143 Å². The van der Waals surface area contributed by atoms with Crippen LogP contribution in [0.5, 0.6) is 0 Å². The van der Waals surface area contributed by atoms with E-state index >= 15 is 0 Å². The molecular weight excluding hydrogens is 328 g/mol. The Morgan fingerprint density at radius 2 is 2.21 bits per heavy atom. The second kappa shape index (κ2) is 7.14. The number of aryl methyl sites for hydroxylation is 1.